The maximum atomic E-state index is 11.8. The quantitative estimate of drug-likeness (QED) is 0.124. The number of anilines is 1. The molecule has 1 aliphatic heterocycles. The van der Waals surface area contributed by atoms with Gasteiger partial charge in [0.2, 0.25) is 5.13 Å². The molecule has 0 saturated carbocycles. The van der Waals surface area contributed by atoms with Crippen molar-refractivity contribution in [1.82, 2.24) is 19.9 Å². The van der Waals surface area contributed by atoms with Gasteiger partial charge in [0, 0.05) is 36.7 Å². The van der Waals surface area contributed by atoms with Gasteiger partial charge in [-0.05, 0) is 62.1 Å². The number of aryl methyl sites for hydroxylation is 2. The molecule has 2 aromatic carbocycles. The van der Waals surface area contributed by atoms with Crippen molar-refractivity contribution in [2.24, 2.45) is 4.99 Å². The zero-order chi connectivity index (χ0) is 36.9. The predicted molar refractivity (Wildman–Crippen MR) is 212 cm³/mol. The lowest BCUT2D eigenvalue weighted by molar-refractivity contribution is 0.0585. The van der Waals surface area contributed by atoms with E-state index in [4.69, 9.17) is 20.2 Å². The highest BCUT2D eigenvalue weighted by molar-refractivity contribution is 7.19. The van der Waals surface area contributed by atoms with Gasteiger partial charge in [-0.1, -0.05) is 90.8 Å². The lowest BCUT2D eigenvalue weighted by Gasteiger charge is -2.06. The molecule has 0 unspecified atom stereocenters. The number of hydrogen-bond donors (Lipinski definition) is 1. The Kier molecular flexibility index (Phi) is 15.0. The smallest absolute Gasteiger partial charge is 0.356 e. The van der Waals surface area contributed by atoms with Crippen LogP contribution in [-0.2, 0) is 14.2 Å². The first-order valence-electron chi connectivity index (χ1n) is 16.3. The van der Waals surface area contributed by atoms with Crippen molar-refractivity contribution in [2.45, 2.75) is 34.1 Å². The fraction of sp³-hybridized carbons (Fsp3) is 0.225. The number of aliphatic imine (C=N–C) groups is 1. The first-order valence-corrected chi connectivity index (χ1v) is 18.0. The van der Waals surface area contributed by atoms with Gasteiger partial charge in [-0.2, -0.15) is 0 Å². The zero-order valence-electron chi connectivity index (χ0n) is 29.2. The molecule has 0 radical (unpaired) electrons. The molecule has 7 rings (SSSR count). The summed E-state index contributed by atoms with van der Waals surface area (Å²) in [5.41, 5.74) is 12.5. The summed E-state index contributed by atoms with van der Waals surface area (Å²) in [4.78, 5) is 46.8. The van der Waals surface area contributed by atoms with Crippen LogP contribution in [0.25, 0.3) is 20.9 Å². The number of ether oxygens (including phenoxy) is 3. The van der Waals surface area contributed by atoms with Crippen LogP contribution >= 0.6 is 22.7 Å². The topological polar surface area (TPSA) is 152 Å². The minimum atomic E-state index is -0.465. The van der Waals surface area contributed by atoms with E-state index in [1.165, 1.54) is 49.7 Å². The van der Waals surface area contributed by atoms with Gasteiger partial charge < -0.3 is 19.9 Å². The van der Waals surface area contributed by atoms with Gasteiger partial charge in [-0.3, -0.25) is 0 Å². The number of benzene rings is 2. The predicted octanol–water partition coefficient (Wildman–Crippen LogP) is 8.78. The van der Waals surface area contributed by atoms with E-state index in [9.17, 15) is 9.59 Å². The summed E-state index contributed by atoms with van der Waals surface area (Å²) in [5.74, 6) is -0.922. The van der Waals surface area contributed by atoms with E-state index in [1.807, 2.05) is 86.6 Å². The van der Waals surface area contributed by atoms with Crippen LogP contribution in [-0.4, -0.2) is 65.0 Å². The number of nitrogens with zero attached hydrogens (tertiary/aromatic N) is 5. The highest BCUT2D eigenvalue weighted by Crippen LogP contribution is 2.35. The Bertz CT molecular complexity index is 2080. The summed E-state index contributed by atoms with van der Waals surface area (Å²) in [7, 11) is 2.67. The molecule has 1 aliphatic rings. The van der Waals surface area contributed by atoms with Crippen molar-refractivity contribution in [3.8, 4) is 20.9 Å². The number of aromatic nitrogens is 4. The second-order valence-electron chi connectivity index (χ2n) is 11.2. The highest BCUT2D eigenvalue weighted by atomic mass is 32.1. The van der Waals surface area contributed by atoms with Crippen LogP contribution in [0.3, 0.4) is 0 Å². The van der Waals surface area contributed by atoms with Crippen molar-refractivity contribution in [3.05, 3.63) is 131 Å². The first-order chi connectivity index (χ1) is 25.3. The molecule has 0 bridgehead atoms. The molecular formula is C40H42N6O5S2. The molecule has 4 aromatic heterocycles. The van der Waals surface area contributed by atoms with E-state index in [1.54, 1.807) is 24.5 Å². The first kappa shape index (κ1) is 40.1. The Labute approximate surface area is 317 Å². The molecule has 11 nitrogen and oxygen atoms in total. The molecule has 0 aliphatic carbocycles. The standard InChI is InChI=1S/C24H19N3O2S.C11H11N3O2S.C4H8O.CH4/c1-16-22(19-13-14-25-20(15-19)23(28)29-2)30-24(26-16)27-21(17-9-5-3-6-10-17)18-11-7-4-8-12-18;1-6-9(17-11(12)14-6)7-3-4-13-8(5-7)10(15)16-2;1-2-4-5-3-1;/h3-15H,1-2H3;3-5H,1-2H3,(H2,12,14);1-4H2;1H4. The van der Waals surface area contributed by atoms with E-state index in [0.29, 0.717) is 10.3 Å². The van der Waals surface area contributed by atoms with E-state index in [-0.39, 0.29) is 18.8 Å². The van der Waals surface area contributed by atoms with Crippen LogP contribution in [0.2, 0.25) is 0 Å². The van der Waals surface area contributed by atoms with Crippen LogP contribution in [0.5, 0.6) is 0 Å². The molecule has 0 spiro atoms. The number of methoxy groups -OCH3 is 2. The summed E-state index contributed by atoms with van der Waals surface area (Å²) in [6, 6.07) is 27.2. The summed E-state index contributed by atoms with van der Waals surface area (Å²) in [5, 5.41) is 1.16. The average molecular weight is 751 g/mol. The fourth-order valence-electron chi connectivity index (χ4n) is 5.05. The van der Waals surface area contributed by atoms with Crippen molar-refractivity contribution in [3.63, 3.8) is 0 Å². The van der Waals surface area contributed by atoms with E-state index < -0.39 is 11.9 Å². The number of nitrogens with two attached hydrogens (primary N) is 1. The summed E-state index contributed by atoms with van der Waals surface area (Å²) >= 11 is 2.86. The number of carbonyl (C=O) groups is 2. The Morgan fingerprint density at radius 2 is 1.19 bits per heavy atom. The number of rotatable bonds is 7. The Morgan fingerprint density at radius 1 is 0.717 bits per heavy atom. The molecule has 0 amide bonds. The van der Waals surface area contributed by atoms with Crippen molar-refractivity contribution < 1.29 is 23.8 Å². The molecular weight excluding hydrogens is 709 g/mol. The molecule has 6 aromatic rings. The lowest BCUT2D eigenvalue weighted by atomic mass is 10.0. The van der Waals surface area contributed by atoms with E-state index in [2.05, 4.69) is 24.7 Å². The molecule has 0 atom stereocenters. The van der Waals surface area contributed by atoms with Gasteiger partial charge in [0.25, 0.3) is 0 Å². The second-order valence-corrected chi connectivity index (χ2v) is 13.2. The second kappa shape index (κ2) is 19.8. The third kappa shape index (κ3) is 10.9. The monoisotopic (exact) mass is 750 g/mol. The number of nitrogen functional groups attached to an aromatic ring is 1. The van der Waals surface area contributed by atoms with Gasteiger partial charge >= 0.3 is 11.9 Å². The lowest BCUT2D eigenvalue weighted by Crippen LogP contribution is -2.03. The SMILES string of the molecule is C.C1CCOC1.COC(=O)c1cc(-c2sc(N)nc2C)ccn1.COC(=O)c1cc(-c2sc(N=C(c3ccccc3)c3ccccc3)nc2C)ccn1. The largest absolute Gasteiger partial charge is 0.464 e. The van der Waals surface area contributed by atoms with Crippen molar-refractivity contribution >= 4 is 50.6 Å². The van der Waals surface area contributed by atoms with Crippen molar-refractivity contribution in [1.29, 1.82) is 0 Å². The van der Waals surface area contributed by atoms with Gasteiger partial charge in [0.05, 0.1) is 41.1 Å². The molecule has 53 heavy (non-hydrogen) atoms. The van der Waals surface area contributed by atoms with Gasteiger partial charge in [0.15, 0.2) is 5.13 Å². The van der Waals surface area contributed by atoms with Crippen molar-refractivity contribution in [2.75, 3.05) is 33.2 Å². The number of hydrogen-bond acceptors (Lipinski definition) is 13. The molecule has 13 heteroatoms. The molecule has 1 fully saturated rings. The number of esters is 2. The maximum Gasteiger partial charge on any atom is 0.356 e. The number of thiazole rings is 2. The van der Waals surface area contributed by atoms with E-state index >= 15 is 0 Å². The zero-order valence-corrected chi connectivity index (χ0v) is 30.9. The normalized spacial score (nSPS) is 11.5. The maximum absolute atomic E-state index is 11.8. The Morgan fingerprint density at radius 3 is 1.60 bits per heavy atom. The summed E-state index contributed by atoms with van der Waals surface area (Å²) < 4.78 is 14.3. The van der Waals surface area contributed by atoms with Crippen LogP contribution in [0, 0.1) is 13.8 Å². The molecule has 2 N–H and O–H groups in total. The summed E-state index contributed by atoms with van der Waals surface area (Å²) in [6.45, 7) is 5.81. The van der Waals surface area contributed by atoms with Gasteiger partial charge in [-0.25, -0.2) is 34.5 Å². The third-order valence-corrected chi connectivity index (χ3v) is 9.70. The van der Waals surface area contributed by atoms with Crippen LogP contribution in [0.4, 0.5) is 10.3 Å². The Hall–Kier alpha value is -5.63. The molecule has 5 heterocycles. The van der Waals surface area contributed by atoms with Crippen LogP contribution in [0.1, 0.15) is 63.8 Å². The minimum Gasteiger partial charge on any atom is -0.464 e. The number of pyridine rings is 2. The van der Waals surface area contributed by atoms with E-state index in [0.717, 1.165) is 62.3 Å². The van der Waals surface area contributed by atoms with Gasteiger partial charge in [0.1, 0.15) is 11.4 Å². The minimum absolute atomic E-state index is 0. The molecule has 1 saturated heterocycles. The average Bonchev–Trinajstić information content (AvgIpc) is 3.97. The Balaban J connectivity index is 0.000000228. The van der Waals surface area contributed by atoms with Crippen LogP contribution < -0.4 is 5.73 Å². The van der Waals surface area contributed by atoms with Gasteiger partial charge in [-0.15, -0.1) is 0 Å². The third-order valence-electron chi connectivity index (χ3n) is 7.56. The number of carbonyl (C=O) groups excluding carboxylic acids is 2. The molecule has 274 valence electrons. The van der Waals surface area contributed by atoms with Crippen LogP contribution in [0.15, 0.2) is 102 Å². The fourth-order valence-corrected chi connectivity index (χ4v) is 6.82. The highest BCUT2D eigenvalue weighted by Gasteiger charge is 2.16. The summed E-state index contributed by atoms with van der Waals surface area (Å²) in [6.07, 6.45) is 5.72.